The minimum atomic E-state index is -3.04. The smallest absolute Gasteiger partial charge is 0.339 e. The predicted molar refractivity (Wildman–Crippen MR) is 112 cm³/mol. The van der Waals surface area contributed by atoms with Crippen LogP contribution in [-0.2, 0) is 5.92 Å². The first kappa shape index (κ1) is 20.9. The summed E-state index contributed by atoms with van der Waals surface area (Å²) >= 11 is 2.40. The Bertz CT molecular complexity index is 1070. The van der Waals surface area contributed by atoms with E-state index in [1.807, 2.05) is 0 Å². The molecule has 3 rings (SSSR count). The molecule has 0 fully saturated rings. The highest BCUT2D eigenvalue weighted by Crippen LogP contribution is 2.38. The molecule has 2 heterocycles. The highest BCUT2D eigenvalue weighted by molar-refractivity contribution is 7.14. The van der Waals surface area contributed by atoms with E-state index in [1.54, 1.807) is 23.8 Å². The number of hydrogen-bond donors (Lipinski definition) is 2. The van der Waals surface area contributed by atoms with Gasteiger partial charge in [0, 0.05) is 17.4 Å². The number of carboxylic acids is 1. The second-order valence-corrected chi connectivity index (χ2v) is 8.12. The fraction of sp³-hybridized carbons (Fsp3) is 0.143. The van der Waals surface area contributed by atoms with Crippen LogP contribution in [0.3, 0.4) is 0 Å². The molecule has 0 bridgehead atoms. The van der Waals surface area contributed by atoms with E-state index in [0.717, 1.165) is 23.0 Å². The minimum absolute atomic E-state index is 0.0665. The zero-order valence-electron chi connectivity index (χ0n) is 15.4. The molecule has 150 valence electrons. The molecule has 0 unspecified atom stereocenters. The fourth-order valence-electron chi connectivity index (χ4n) is 2.82. The van der Waals surface area contributed by atoms with Crippen LogP contribution in [0.2, 0.25) is 0 Å². The standard InChI is InChI=1S/C21H17F2NO3S2/c1-3-9-21(22,23)14-6-4-13(5-7-14)18-16(20(26)27)15(11-29-18)24-19(25)17-12(2)8-10-28-17/h3-8,10-11H,1,9H2,2H3,(H,24,25)(H,26,27). The van der Waals surface area contributed by atoms with Crippen molar-refractivity contribution in [2.24, 2.45) is 0 Å². The number of benzene rings is 1. The van der Waals surface area contributed by atoms with Crippen LogP contribution in [0, 0.1) is 6.92 Å². The van der Waals surface area contributed by atoms with Gasteiger partial charge < -0.3 is 10.4 Å². The topological polar surface area (TPSA) is 66.4 Å². The van der Waals surface area contributed by atoms with Gasteiger partial charge in [0.05, 0.1) is 15.4 Å². The quantitative estimate of drug-likeness (QED) is 0.424. The van der Waals surface area contributed by atoms with Crippen LogP contribution in [-0.4, -0.2) is 17.0 Å². The lowest BCUT2D eigenvalue weighted by Crippen LogP contribution is -2.13. The molecule has 0 aliphatic rings. The molecule has 29 heavy (non-hydrogen) atoms. The lowest BCUT2D eigenvalue weighted by Gasteiger charge is -2.15. The molecule has 0 saturated heterocycles. The van der Waals surface area contributed by atoms with Gasteiger partial charge in [-0.2, -0.15) is 0 Å². The van der Waals surface area contributed by atoms with Crippen molar-refractivity contribution in [1.82, 2.24) is 0 Å². The van der Waals surface area contributed by atoms with Crippen LogP contribution in [0.5, 0.6) is 0 Å². The van der Waals surface area contributed by atoms with Crippen LogP contribution in [0.15, 0.2) is 53.7 Å². The average molecular weight is 434 g/mol. The number of amides is 1. The van der Waals surface area contributed by atoms with E-state index >= 15 is 0 Å². The number of rotatable bonds is 7. The van der Waals surface area contributed by atoms with E-state index in [0.29, 0.717) is 15.3 Å². The highest BCUT2D eigenvalue weighted by atomic mass is 32.1. The van der Waals surface area contributed by atoms with Gasteiger partial charge in [0.25, 0.3) is 11.8 Å². The van der Waals surface area contributed by atoms with E-state index in [4.69, 9.17) is 0 Å². The number of thiophene rings is 2. The maximum absolute atomic E-state index is 14.0. The van der Waals surface area contributed by atoms with Crippen molar-refractivity contribution in [2.45, 2.75) is 19.3 Å². The minimum Gasteiger partial charge on any atom is -0.478 e. The number of carboxylic acid groups (broad SMARTS) is 1. The Hall–Kier alpha value is -2.84. The van der Waals surface area contributed by atoms with E-state index in [2.05, 4.69) is 11.9 Å². The summed E-state index contributed by atoms with van der Waals surface area (Å²) in [6.45, 7) is 5.14. The van der Waals surface area contributed by atoms with E-state index in [-0.39, 0.29) is 22.7 Å². The largest absolute Gasteiger partial charge is 0.478 e. The van der Waals surface area contributed by atoms with Gasteiger partial charge >= 0.3 is 5.97 Å². The number of alkyl halides is 2. The molecule has 1 amide bonds. The van der Waals surface area contributed by atoms with Gasteiger partial charge in [0.1, 0.15) is 5.56 Å². The van der Waals surface area contributed by atoms with Crippen molar-refractivity contribution in [3.05, 3.63) is 75.3 Å². The molecule has 3 aromatic rings. The third-order valence-corrected chi connectivity index (χ3v) is 6.34. The van der Waals surface area contributed by atoms with Crippen molar-refractivity contribution >= 4 is 40.2 Å². The number of carbonyl (C=O) groups is 2. The van der Waals surface area contributed by atoms with Crippen molar-refractivity contribution in [2.75, 3.05) is 5.32 Å². The van der Waals surface area contributed by atoms with Gasteiger partial charge in [0.15, 0.2) is 0 Å². The third-order valence-electron chi connectivity index (χ3n) is 4.29. The maximum Gasteiger partial charge on any atom is 0.339 e. The lowest BCUT2D eigenvalue weighted by atomic mass is 10.0. The number of hydrogen-bond acceptors (Lipinski definition) is 4. The van der Waals surface area contributed by atoms with E-state index < -0.39 is 18.3 Å². The monoisotopic (exact) mass is 433 g/mol. The van der Waals surface area contributed by atoms with Crippen LogP contribution < -0.4 is 5.32 Å². The molecule has 0 aliphatic heterocycles. The Kier molecular flexibility index (Phi) is 5.95. The average Bonchev–Trinajstić information content (AvgIpc) is 3.28. The number of aryl methyl sites for hydroxylation is 1. The zero-order chi connectivity index (χ0) is 21.2. The Morgan fingerprint density at radius 1 is 1.21 bits per heavy atom. The van der Waals surface area contributed by atoms with Gasteiger partial charge in [0.2, 0.25) is 0 Å². The Labute approximate surface area is 174 Å². The zero-order valence-corrected chi connectivity index (χ0v) is 17.0. The van der Waals surface area contributed by atoms with Gasteiger partial charge in [-0.3, -0.25) is 4.79 Å². The van der Waals surface area contributed by atoms with Gasteiger partial charge in [-0.05, 0) is 29.5 Å². The second-order valence-electron chi connectivity index (χ2n) is 6.32. The van der Waals surface area contributed by atoms with Gasteiger partial charge in [-0.25, -0.2) is 13.6 Å². The normalized spacial score (nSPS) is 11.3. The van der Waals surface area contributed by atoms with Crippen molar-refractivity contribution in [1.29, 1.82) is 0 Å². The second kappa shape index (κ2) is 8.26. The number of aromatic carboxylic acids is 1. The predicted octanol–water partition coefficient (Wildman–Crippen LogP) is 6.40. The molecule has 0 atom stereocenters. The fourth-order valence-corrected chi connectivity index (χ4v) is 4.64. The summed E-state index contributed by atoms with van der Waals surface area (Å²) in [4.78, 5) is 25.2. The van der Waals surface area contributed by atoms with E-state index in [1.165, 1.54) is 35.6 Å². The molecule has 2 N–H and O–H groups in total. The molecule has 8 heteroatoms. The van der Waals surface area contributed by atoms with Crippen molar-refractivity contribution in [3.8, 4) is 10.4 Å². The third kappa shape index (κ3) is 4.28. The molecule has 4 nitrogen and oxygen atoms in total. The SMILES string of the molecule is C=CCC(F)(F)c1ccc(-c2scc(NC(=O)c3sccc3C)c2C(=O)O)cc1. The highest BCUT2D eigenvalue weighted by Gasteiger charge is 2.30. The Morgan fingerprint density at radius 3 is 2.45 bits per heavy atom. The molecule has 0 saturated carbocycles. The summed E-state index contributed by atoms with van der Waals surface area (Å²) < 4.78 is 28.0. The summed E-state index contributed by atoms with van der Waals surface area (Å²) in [5.41, 5.74) is 1.23. The summed E-state index contributed by atoms with van der Waals surface area (Å²) in [7, 11) is 0. The first-order valence-corrected chi connectivity index (χ1v) is 10.3. The summed E-state index contributed by atoms with van der Waals surface area (Å²) in [6, 6.07) is 7.27. The van der Waals surface area contributed by atoms with Crippen molar-refractivity contribution in [3.63, 3.8) is 0 Å². The molecule has 0 radical (unpaired) electrons. The Balaban J connectivity index is 1.93. The lowest BCUT2D eigenvalue weighted by molar-refractivity contribution is -0.000850. The summed E-state index contributed by atoms with van der Waals surface area (Å²) in [5.74, 6) is -4.63. The number of allylic oxidation sites excluding steroid dienone is 1. The molecule has 0 spiro atoms. The van der Waals surface area contributed by atoms with Crippen LogP contribution in [0.1, 0.15) is 37.6 Å². The number of nitrogens with one attached hydrogen (secondary N) is 1. The summed E-state index contributed by atoms with van der Waals surface area (Å²) in [6.07, 6.45) is 0.671. The number of carbonyl (C=O) groups excluding carboxylic acids is 1. The van der Waals surface area contributed by atoms with E-state index in [9.17, 15) is 23.5 Å². The molecule has 0 aliphatic carbocycles. The van der Waals surface area contributed by atoms with Gasteiger partial charge in [-0.15, -0.1) is 29.3 Å². The molecule has 1 aromatic carbocycles. The van der Waals surface area contributed by atoms with Gasteiger partial charge in [-0.1, -0.05) is 30.3 Å². The number of halogens is 2. The summed E-state index contributed by atoms with van der Waals surface area (Å²) in [5, 5.41) is 15.6. The van der Waals surface area contributed by atoms with Crippen LogP contribution in [0.25, 0.3) is 10.4 Å². The first-order valence-electron chi connectivity index (χ1n) is 8.54. The number of anilines is 1. The molecular formula is C21H17F2NO3S2. The molecule has 2 aromatic heterocycles. The Morgan fingerprint density at radius 2 is 1.90 bits per heavy atom. The maximum atomic E-state index is 14.0. The molecular weight excluding hydrogens is 416 g/mol. The van der Waals surface area contributed by atoms with Crippen LogP contribution in [0.4, 0.5) is 14.5 Å². The first-order chi connectivity index (χ1) is 13.7. The van der Waals surface area contributed by atoms with Crippen molar-refractivity contribution < 1.29 is 23.5 Å². The van der Waals surface area contributed by atoms with Crippen LogP contribution >= 0.6 is 22.7 Å².